The van der Waals surface area contributed by atoms with Gasteiger partial charge in [-0.2, -0.15) is 0 Å². The number of carbonyl (C=O) groups excluding carboxylic acids is 1. The molecule has 5 heteroatoms. The van der Waals surface area contributed by atoms with Gasteiger partial charge in [-0.25, -0.2) is 9.78 Å². The van der Waals surface area contributed by atoms with Crippen LogP contribution in [0.5, 0.6) is 5.75 Å². The second kappa shape index (κ2) is 7.46. The molecule has 5 nitrogen and oxygen atoms in total. The van der Waals surface area contributed by atoms with E-state index in [9.17, 15) is 4.79 Å². The minimum atomic E-state index is -0.425. The largest absolute Gasteiger partial charge is 0.497 e. The Labute approximate surface area is 139 Å². The second-order valence-corrected chi connectivity index (χ2v) is 5.12. The molecule has 1 aromatic heterocycles. The highest BCUT2D eigenvalue weighted by molar-refractivity contribution is 5.86. The Balaban J connectivity index is 1.49. The minimum Gasteiger partial charge on any atom is -0.497 e. The molecule has 2 aromatic carbocycles. The van der Waals surface area contributed by atoms with Crippen molar-refractivity contribution in [2.75, 3.05) is 13.7 Å². The molecule has 122 valence electrons. The highest BCUT2D eigenvalue weighted by Gasteiger charge is 2.03. The fourth-order valence-electron chi connectivity index (χ4n) is 2.21. The van der Waals surface area contributed by atoms with E-state index in [1.54, 1.807) is 7.11 Å². The van der Waals surface area contributed by atoms with Gasteiger partial charge in [-0.3, -0.25) is 0 Å². The van der Waals surface area contributed by atoms with E-state index in [1.165, 1.54) is 12.2 Å². The van der Waals surface area contributed by atoms with Crippen molar-refractivity contribution in [2.45, 2.75) is 6.42 Å². The molecule has 0 spiro atoms. The van der Waals surface area contributed by atoms with E-state index in [2.05, 4.69) is 4.98 Å². The maximum atomic E-state index is 11.7. The predicted molar refractivity (Wildman–Crippen MR) is 90.7 cm³/mol. The minimum absolute atomic E-state index is 0.309. The first kappa shape index (κ1) is 15.8. The third-order valence-corrected chi connectivity index (χ3v) is 3.47. The molecule has 0 bridgehead atoms. The molecular formula is C19H17NO4. The number of ether oxygens (including phenoxy) is 2. The van der Waals surface area contributed by atoms with Gasteiger partial charge in [0.2, 0.25) is 5.89 Å². The maximum Gasteiger partial charge on any atom is 0.330 e. The fraction of sp³-hybridized carbons (Fsp3) is 0.158. The molecule has 1 heterocycles. The second-order valence-electron chi connectivity index (χ2n) is 5.12. The zero-order valence-electron chi connectivity index (χ0n) is 13.3. The Kier molecular flexibility index (Phi) is 4.91. The van der Waals surface area contributed by atoms with Crippen LogP contribution in [-0.4, -0.2) is 24.7 Å². The highest BCUT2D eigenvalue weighted by atomic mass is 16.5. The lowest BCUT2D eigenvalue weighted by molar-refractivity contribution is -0.137. The summed E-state index contributed by atoms with van der Waals surface area (Å²) in [5.41, 5.74) is 2.52. The molecule has 0 radical (unpaired) electrons. The Morgan fingerprint density at radius 1 is 1.17 bits per heavy atom. The summed E-state index contributed by atoms with van der Waals surface area (Å²) in [6.45, 7) is 0.309. The summed E-state index contributed by atoms with van der Waals surface area (Å²) in [6.07, 6.45) is 3.47. The van der Waals surface area contributed by atoms with E-state index in [0.717, 1.165) is 16.8 Å². The van der Waals surface area contributed by atoms with Crippen LogP contribution in [0, 0.1) is 0 Å². The van der Waals surface area contributed by atoms with E-state index >= 15 is 0 Å². The number of rotatable bonds is 6. The number of esters is 1. The van der Waals surface area contributed by atoms with Crippen molar-refractivity contribution in [3.05, 3.63) is 66.1 Å². The predicted octanol–water partition coefficient (Wildman–Crippen LogP) is 3.64. The molecule has 0 aliphatic rings. The maximum absolute atomic E-state index is 11.7. The zero-order valence-corrected chi connectivity index (χ0v) is 13.3. The molecular weight excluding hydrogens is 306 g/mol. The van der Waals surface area contributed by atoms with E-state index in [1.807, 2.05) is 48.5 Å². The topological polar surface area (TPSA) is 61.6 Å². The first-order valence-electron chi connectivity index (χ1n) is 7.58. The van der Waals surface area contributed by atoms with E-state index in [-0.39, 0.29) is 0 Å². The van der Waals surface area contributed by atoms with Gasteiger partial charge in [0, 0.05) is 18.6 Å². The van der Waals surface area contributed by atoms with Gasteiger partial charge in [0.25, 0.3) is 0 Å². The number of carbonyl (C=O) groups is 1. The Bertz CT molecular complexity index is 816. The van der Waals surface area contributed by atoms with Gasteiger partial charge < -0.3 is 13.9 Å². The lowest BCUT2D eigenvalue weighted by atomic mass is 10.1. The Morgan fingerprint density at radius 2 is 1.96 bits per heavy atom. The number of benzene rings is 2. The van der Waals surface area contributed by atoms with Crippen LogP contribution in [0.2, 0.25) is 0 Å². The summed E-state index contributed by atoms with van der Waals surface area (Å²) in [7, 11) is 1.62. The fourth-order valence-corrected chi connectivity index (χ4v) is 2.21. The summed E-state index contributed by atoms with van der Waals surface area (Å²) in [5, 5.41) is 0. The molecule has 0 atom stereocenters. The van der Waals surface area contributed by atoms with Crippen LogP contribution in [0.1, 0.15) is 11.5 Å². The number of aromatic nitrogens is 1. The standard InChI is InChI=1S/C19H17NO4/c1-22-15-8-6-14(7-9-15)12-13-23-19(21)11-10-18-20-16-4-2-3-5-17(16)24-18/h2-11H,12-13H2,1H3/b11-10+. The third kappa shape index (κ3) is 4.01. The smallest absolute Gasteiger partial charge is 0.330 e. The molecule has 24 heavy (non-hydrogen) atoms. The number of methoxy groups -OCH3 is 1. The third-order valence-electron chi connectivity index (χ3n) is 3.47. The van der Waals surface area contributed by atoms with Crippen molar-refractivity contribution >= 4 is 23.1 Å². The van der Waals surface area contributed by atoms with Gasteiger partial charge in [0.1, 0.15) is 11.3 Å². The van der Waals surface area contributed by atoms with Crippen molar-refractivity contribution < 1.29 is 18.7 Å². The monoisotopic (exact) mass is 323 g/mol. The quantitative estimate of drug-likeness (QED) is 0.512. The molecule has 0 unspecified atom stereocenters. The van der Waals surface area contributed by atoms with Crippen LogP contribution in [-0.2, 0) is 16.0 Å². The molecule has 0 fully saturated rings. The molecule has 0 saturated heterocycles. The average Bonchev–Trinajstić information content (AvgIpc) is 3.03. The van der Waals surface area contributed by atoms with Crippen LogP contribution in [0.3, 0.4) is 0 Å². The van der Waals surface area contributed by atoms with Crippen molar-refractivity contribution in [1.82, 2.24) is 4.98 Å². The summed E-state index contributed by atoms with van der Waals surface area (Å²) in [5.74, 6) is 0.756. The Hall–Kier alpha value is -3.08. The average molecular weight is 323 g/mol. The first-order valence-corrected chi connectivity index (χ1v) is 7.58. The molecule has 3 rings (SSSR count). The highest BCUT2D eigenvalue weighted by Crippen LogP contribution is 2.15. The molecule has 3 aromatic rings. The van der Waals surface area contributed by atoms with E-state index in [4.69, 9.17) is 13.9 Å². The number of hydrogen-bond donors (Lipinski definition) is 0. The van der Waals surface area contributed by atoms with Gasteiger partial charge in [-0.1, -0.05) is 24.3 Å². The summed E-state index contributed by atoms with van der Waals surface area (Å²) >= 11 is 0. The van der Waals surface area contributed by atoms with Gasteiger partial charge in [0.15, 0.2) is 5.58 Å². The van der Waals surface area contributed by atoms with Crippen LogP contribution in [0.4, 0.5) is 0 Å². The van der Waals surface area contributed by atoms with Crippen LogP contribution >= 0.6 is 0 Å². The van der Waals surface area contributed by atoms with Crippen LogP contribution in [0.25, 0.3) is 17.2 Å². The molecule has 0 aliphatic heterocycles. The molecule has 0 N–H and O–H groups in total. The number of hydrogen-bond acceptors (Lipinski definition) is 5. The van der Waals surface area contributed by atoms with Crippen molar-refractivity contribution in [3.8, 4) is 5.75 Å². The number of nitrogens with zero attached hydrogens (tertiary/aromatic N) is 1. The molecule has 0 aliphatic carbocycles. The first-order chi connectivity index (χ1) is 11.7. The van der Waals surface area contributed by atoms with Gasteiger partial charge in [-0.15, -0.1) is 0 Å². The lowest BCUT2D eigenvalue weighted by Crippen LogP contribution is -2.04. The normalized spacial score (nSPS) is 11.0. The molecule has 0 amide bonds. The number of fused-ring (bicyclic) bond motifs is 1. The summed E-state index contributed by atoms with van der Waals surface area (Å²) in [4.78, 5) is 16.0. The van der Waals surface area contributed by atoms with Crippen LogP contribution in [0.15, 0.2) is 59.0 Å². The lowest BCUT2D eigenvalue weighted by Gasteiger charge is -2.04. The zero-order chi connectivity index (χ0) is 16.8. The molecule has 0 saturated carbocycles. The van der Waals surface area contributed by atoms with E-state index in [0.29, 0.717) is 24.5 Å². The van der Waals surface area contributed by atoms with Crippen LogP contribution < -0.4 is 4.74 Å². The Morgan fingerprint density at radius 3 is 2.71 bits per heavy atom. The van der Waals surface area contributed by atoms with Gasteiger partial charge >= 0.3 is 5.97 Å². The van der Waals surface area contributed by atoms with Crippen molar-refractivity contribution in [2.24, 2.45) is 0 Å². The SMILES string of the molecule is COc1ccc(CCOC(=O)/C=C/c2nc3ccccc3o2)cc1. The van der Waals surface area contributed by atoms with Crippen molar-refractivity contribution in [1.29, 1.82) is 0 Å². The summed E-state index contributed by atoms with van der Waals surface area (Å²) < 4.78 is 15.8. The summed E-state index contributed by atoms with van der Waals surface area (Å²) in [6, 6.07) is 15.1. The van der Waals surface area contributed by atoms with Gasteiger partial charge in [-0.05, 0) is 29.8 Å². The van der Waals surface area contributed by atoms with Crippen molar-refractivity contribution in [3.63, 3.8) is 0 Å². The number of oxazole rings is 1. The van der Waals surface area contributed by atoms with E-state index < -0.39 is 5.97 Å². The number of para-hydroxylation sites is 2. The van der Waals surface area contributed by atoms with Gasteiger partial charge in [0.05, 0.1) is 13.7 Å².